The molecule has 0 amide bonds. The van der Waals surface area contributed by atoms with Crippen molar-refractivity contribution in [2.24, 2.45) is 0 Å². The first-order chi connectivity index (χ1) is 21.6. The molecule has 0 saturated carbocycles. The van der Waals surface area contributed by atoms with Gasteiger partial charge in [-0.15, -0.1) is 0 Å². The molecule has 0 aromatic heterocycles. The number of rotatable bonds is 5. The van der Waals surface area contributed by atoms with Crippen LogP contribution in [0.3, 0.4) is 0 Å². The summed E-state index contributed by atoms with van der Waals surface area (Å²) in [4.78, 5) is 2.45. The van der Waals surface area contributed by atoms with Crippen LogP contribution in [-0.4, -0.2) is 0 Å². The molecule has 0 bridgehead atoms. The van der Waals surface area contributed by atoms with Crippen LogP contribution in [0.15, 0.2) is 164 Å². The zero-order valence-electron chi connectivity index (χ0n) is 25.0. The summed E-state index contributed by atoms with van der Waals surface area (Å²) in [6.45, 7) is 4.74. The summed E-state index contributed by atoms with van der Waals surface area (Å²) in [6, 6.07) is 59.6. The van der Waals surface area contributed by atoms with Crippen molar-refractivity contribution < 1.29 is 0 Å². The van der Waals surface area contributed by atoms with Gasteiger partial charge < -0.3 is 4.90 Å². The molecule has 0 radical (unpaired) electrons. The van der Waals surface area contributed by atoms with Crippen LogP contribution in [0.5, 0.6) is 0 Å². The molecule has 0 heterocycles. The van der Waals surface area contributed by atoms with Gasteiger partial charge in [0.25, 0.3) is 0 Å². The largest absolute Gasteiger partial charge is 0.310 e. The molecule has 1 aliphatic rings. The van der Waals surface area contributed by atoms with Crippen molar-refractivity contribution in [3.8, 4) is 33.4 Å². The second-order valence-electron chi connectivity index (χ2n) is 12.2. The molecule has 0 aliphatic heterocycles. The lowest BCUT2D eigenvalue weighted by Gasteiger charge is -2.30. The average Bonchev–Trinajstić information content (AvgIpc) is 3.32. The van der Waals surface area contributed by atoms with Crippen LogP contribution in [0.25, 0.3) is 44.2 Å². The SMILES string of the molecule is CC1(C)c2ccccc2-c2cc(N(c3cccc(-c4ccccc4)c3)c3cccc4ccccc34)cc(-c3ccccc3)c21. The molecular weight excluding hydrogens is 530 g/mol. The third-order valence-corrected chi connectivity index (χ3v) is 9.20. The van der Waals surface area contributed by atoms with Gasteiger partial charge in [0, 0.05) is 22.2 Å². The second-order valence-corrected chi connectivity index (χ2v) is 12.2. The van der Waals surface area contributed by atoms with E-state index >= 15 is 0 Å². The van der Waals surface area contributed by atoms with E-state index in [1.807, 2.05) is 0 Å². The summed E-state index contributed by atoms with van der Waals surface area (Å²) in [5.74, 6) is 0. The average molecular weight is 564 g/mol. The lowest BCUT2D eigenvalue weighted by Crippen LogP contribution is -2.17. The van der Waals surface area contributed by atoms with E-state index < -0.39 is 0 Å². The van der Waals surface area contributed by atoms with Crippen molar-refractivity contribution in [1.82, 2.24) is 0 Å². The van der Waals surface area contributed by atoms with E-state index in [1.165, 1.54) is 55.3 Å². The first-order valence-electron chi connectivity index (χ1n) is 15.4. The van der Waals surface area contributed by atoms with Crippen LogP contribution in [-0.2, 0) is 5.41 Å². The van der Waals surface area contributed by atoms with Crippen LogP contribution in [0.4, 0.5) is 17.1 Å². The minimum atomic E-state index is -0.118. The fraction of sp³-hybridized carbons (Fsp3) is 0.0698. The van der Waals surface area contributed by atoms with Crippen LogP contribution in [0.1, 0.15) is 25.0 Å². The maximum absolute atomic E-state index is 2.45. The van der Waals surface area contributed by atoms with Gasteiger partial charge in [0.15, 0.2) is 0 Å². The summed E-state index contributed by atoms with van der Waals surface area (Å²) in [6.07, 6.45) is 0. The van der Waals surface area contributed by atoms with Crippen molar-refractivity contribution >= 4 is 27.8 Å². The van der Waals surface area contributed by atoms with Gasteiger partial charge in [-0.1, -0.05) is 147 Å². The van der Waals surface area contributed by atoms with Crippen LogP contribution in [0, 0.1) is 0 Å². The fourth-order valence-electron chi connectivity index (χ4n) is 7.17. The Morgan fingerprint density at radius 2 is 1.05 bits per heavy atom. The third kappa shape index (κ3) is 4.24. The Labute approximate surface area is 259 Å². The highest BCUT2D eigenvalue weighted by Crippen LogP contribution is 2.54. The van der Waals surface area contributed by atoms with Crippen LogP contribution < -0.4 is 4.90 Å². The van der Waals surface area contributed by atoms with E-state index in [9.17, 15) is 0 Å². The summed E-state index contributed by atoms with van der Waals surface area (Å²) in [5, 5.41) is 2.45. The molecular formula is C43H33N. The molecule has 0 N–H and O–H groups in total. The smallest absolute Gasteiger partial charge is 0.0540 e. The third-order valence-electron chi connectivity index (χ3n) is 9.20. The molecule has 8 rings (SSSR count). The standard InChI is InChI=1S/C43H33N/c1-43(2)40-25-12-11-24-37(40)39-29-35(28-38(42(39)43)32-17-7-4-8-18-32)44(41-26-14-20-31-19-9-10-23-36(31)41)34-22-13-21-33(27-34)30-15-5-3-6-16-30/h3-29H,1-2H3. The molecule has 0 fully saturated rings. The van der Waals surface area contributed by atoms with Gasteiger partial charge >= 0.3 is 0 Å². The van der Waals surface area contributed by atoms with Gasteiger partial charge in [-0.25, -0.2) is 0 Å². The van der Waals surface area contributed by atoms with E-state index in [2.05, 4.69) is 183 Å². The monoisotopic (exact) mass is 563 g/mol. The van der Waals surface area contributed by atoms with Gasteiger partial charge in [0.1, 0.15) is 0 Å². The van der Waals surface area contributed by atoms with Crippen molar-refractivity contribution in [2.75, 3.05) is 4.90 Å². The maximum Gasteiger partial charge on any atom is 0.0540 e. The van der Waals surface area contributed by atoms with E-state index in [0.717, 1.165) is 17.1 Å². The highest BCUT2D eigenvalue weighted by atomic mass is 15.1. The van der Waals surface area contributed by atoms with Crippen LogP contribution >= 0.6 is 0 Å². The quantitative estimate of drug-likeness (QED) is 0.201. The zero-order valence-corrected chi connectivity index (χ0v) is 25.0. The molecule has 0 atom stereocenters. The number of fused-ring (bicyclic) bond motifs is 4. The van der Waals surface area contributed by atoms with E-state index in [1.54, 1.807) is 0 Å². The predicted molar refractivity (Wildman–Crippen MR) is 187 cm³/mol. The number of hydrogen-bond donors (Lipinski definition) is 0. The zero-order chi connectivity index (χ0) is 29.7. The molecule has 7 aromatic carbocycles. The number of nitrogens with zero attached hydrogens (tertiary/aromatic N) is 1. The molecule has 1 heteroatoms. The molecule has 0 unspecified atom stereocenters. The first-order valence-corrected chi connectivity index (χ1v) is 15.4. The summed E-state index contributed by atoms with van der Waals surface area (Å²) in [7, 11) is 0. The molecule has 7 aromatic rings. The molecule has 44 heavy (non-hydrogen) atoms. The van der Waals surface area contributed by atoms with Crippen molar-refractivity contribution in [3.05, 3.63) is 175 Å². The van der Waals surface area contributed by atoms with Gasteiger partial charge in [0.2, 0.25) is 0 Å². The Kier molecular flexibility index (Phi) is 6.20. The molecule has 210 valence electrons. The Morgan fingerprint density at radius 1 is 0.432 bits per heavy atom. The van der Waals surface area contributed by atoms with Crippen molar-refractivity contribution in [2.45, 2.75) is 19.3 Å². The second kappa shape index (κ2) is 10.4. The molecule has 1 nitrogen and oxygen atoms in total. The van der Waals surface area contributed by atoms with Gasteiger partial charge in [-0.2, -0.15) is 0 Å². The Hall–Kier alpha value is -5.40. The van der Waals surface area contributed by atoms with Crippen LogP contribution in [0.2, 0.25) is 0 Å². The Bertz CT molecular complexity index is 2140. The minimum absolute atomic E-state index is 0.118. The highest BCUT2D eigenvalue weighted by Gasteiger charge is 2.38. The lowest BCUT2D eigenvalue weighted by atomic mass is 9.78. The summed E-state index contributed by atoms with van der Waals surface area (Å²) in [5.41, 5.74) is 13.7. The van der Waals surface area contributed by atoms with Crippen molar-refractivity contribution in [3.63, 3.8) is 0 Å². The number of benzene rings is 7. The fourth-order valence-corrected chi connectivity index (χ4v) is 7.17. The van der Waals surface area contributed by atoms with Crippen molar-refractivity contribution in [1.29, 1.82) is 0 Å². The Balaban J connectivity index is 1.45. The first kappa shape index (κ1) is 26.2. The predicted octanol–water partition coefficient (Wildman–Crippen LogP) is 11.9. The molecule has 0 saturated heterocycles. The number of hydrogen-bond acceptors (Lipinski definition) is 1. The minimum Gasteiger partial charge on any atom is -0.310 e. The van der Waals surface area contributed by atoms with E-state index in [-0.39, 0.29) is 5.41 Å². The maximum atomic E-state index is 2.45. The van der Waals surface area contributed by atoms with E-state index in [4.69, 9.17) is 0 Å². The molecule has 1 aliphatic carbocycles. The normalized spacial score (nSPS) is 13.0. The van der Waals surface area contributed by atoms with Gasteiger partial charge in [-0.05, 0) is 80.2 Å². The topological polar surface area (TPSA) is 3.24 Å². The lowest BCUT2D eigenvalue weighted by molar-refractivity contribution is 0.662. The van der Waals surface area contributed by atoms with E-state index in [0.29, 0.717) is 0 Å². The Morgan fingerprint density at radius 3 is 1.86 bits per heavy atom. The van der Waals surface area contributed by atoms with Gasteiger partial charge in [0.05, 0.1) is 5.69 Å². The molecule has 0 spiro atoms. The van der Waals surface area contributed by atoms with Gasteiger partial charge in [-0.3, -0.25) is 0 Å². The summed E-state index contributed by atoms with van der Waals surface area (Å²) < 4.78 is 0. The number of anilines is 3. The summed E-state index contributed by atoms with van der Waals surface area (Å²) >= 11 is 0. The highest BCUT2D eigenvalue weighted by molar-refractivity contribution is 6.01.